The first-order valence-electron chi connectivity index (χ1n) is 7.84. The van der Waals surface area contributed by atoms with Gasteiger partial charge in [0.1, 0.15) is 11.5 Å². The first kappa shape index (κ1) is 15.9. The second-order valence-electron chi connectivity index (χ2n) is 5.66. The molecule has 23 heavy (non-hydrogen) atoms. The third-order valence-electron chi connectivity index (χ3n) is 4.18. The van der Waals surface area contributed by atoms with Crippen molar-refractivity contribution in [2.45, 2.75) is 12.5 Å². The molecule has 3 nitrogen and oxygen atoms in total. The van der Waals surface area contributed by atoms with Crippen LogP contribution in [-0.2, 0) is 4.79 Å². The second kappa shape index (κ2) is 7.55. The minimum atomic E-state index is 0.00453. The second-order valence-corrected chi connectivity index (χ2v) is 6.81. The van der Waals surface area contributed by atoms with E-state index in [9.17, 15) is 4.79 Å². The molecule has 0 radical (unpaired) electrons. The summed E-state index contributed by atoms with van der Waals surface area (Å²) < 4.78 is 5.21. The van der Waals surface area contributed by atoms with Gasteiger partial charge in [-0.05, 0) is 29.8 Å². The van der Waals surface area contributed by atoms with Crippen LogP contribution < -0.4 is 10.1 Å². The molecule has 2 aromatic rings. The lowest BCUT2D eigenvalue weighted by Crippen LogP contribution is -2.32. The summed E-state index contributed by atoms with van der Waals surface area (Å²) in [6.45, 7) is 0. The first-order valence-corrected chi connectivity index (χ1v) is 8.99. The van der Waals surface area contributed by atoms with E-state index in [1.165, 1.54) is 0 Å². The lowest BCUT2D eigenvalue weighted by molar-refractivity contribution is -0.122. The van der Waals surface area contributed by atoms with Crippen LogP contribution in [0.15, 0.2) is 54.6 Å². The summed E-state index contributed by atoms with van der Waals surface area (Å²) in [7, 11) is 1.66. The Morgan fingerprint density at radius 1 is 1.13 bits per heavy atom. The van der Waals surface area contributed by atoms with Gasteiger partial charge in [0.15, 0.2) is 0 Å². The number of carbonyl (C=O) groups excluding carboxylic acids is 1. The smallest absolute Gasteiger partial charge is 0.140 e. The monoisotopic (exact) mass is 327 g/mol. The van der Waals surface area contributed by atoms with Gasteiger partial charge in [-0.3, -0.25) is 4.79 Å². The summed E-state index contributed by atoms with van der Waals surface area (Å²) in [6.07, 6.45) is 0.670. The van der Waals surface area contributed by atoms with Crippen LogP contribution in [0.3, 0.4) is 0 Å². The van der Waals surface area contributed by atoms with Gasteiger partial charge in [-0.2, -0.15) is 11.8 Å². The van der Waals surface area contributed by atoms with Gasteiger partial charge in [-0.1, -0.05) is 30.3 Å². The maximum absolute atomic E-state index is 12.4. The van der Waals surface area contributed by atoms with Crippen molar-refractivity contribution in [2.75, 3.05) is 23.9 Å². The highest BCUT2D eigenvalue weighted by molar-refractivity contribution is 7.99. The minimum Gasteiger partial charge on any atom is -0.497 e. The van der Waals surface area contributed by atoms with Crippen molar-refractivity contribution in [3.05, 3.63) is 60.2 Å². The number of methoxy groups -OCH3 is 1. The van der Waals surface area contributed by atoms with Gasteiger partial charge in [0.2, 0.25) is 0 Å². The highest BCUT2D eigenvalue weighted by Gasteiger charge is 2.31. The Labute approximate surface area is 141 Å². The van der Waals surface area contributed by atoms with Gasteiger partial charge >= 0.3 is 0 Å². The SMILES string of the molecule is COc1ccc(N[C@H](c2ccccc2)[C@H]2CSCCC2=O)cc1. The fourth-order valence-corrected chi connectivity index (χ4v) is 4.03. The van der Waals surface area contributed by atoms with Crippen molar-refractivity contribution in [1.82, 2.24) is 0 Å². The molecule has 0 saturated carbocycles. The van der Waals surface area contributed by atoms with Crippen LogP contribution >= 0.6 is 11.8 Å². The molecule has 0 amide bonds. The summed E-state index contributed by atoms with van der Waals surface area (Å²) in [4.78, 5) is 12.4. The molecule has 1 heterocycles. The molecule has 0 aromatic heterocycles. The molecule has 1 aliphatic heterocycles. The lowest BCUT2D eigenvalue weighted by Gasteiger charge is -2.30. The number of thioether (sulfide) groups is 1. The number of nitrogens with one attached hydrogen (secondary N) is 1. The molecule has 2 atom stereocenters. The maximum atomic E-state index is 12.4. The predicted molar refractivity (Wildman–Crippen MR) is 96.2 cm³/mol. The van der Waals surface area contributed by atoms with E-state index in [4.69, 9.17) is 4.74 Å². The van der Waals surface area contributed by atoms with Gasteiger partial charge in [0, 0.05) is 23.6 Å². The van der Waals surface area contributed by atoms with E-state index in [0.29, 0.717) is 12.2 Å². The van der Waals surface area contributed by atoms with Crippen LogP contribution in [0.4, 0.5) is 5.69 Å². The Hall–Kier alpha value is -1.94. The zero-order valence-corrected chi connectivity index (χ0v) is 14.0. The number of benzene rings is 2. The third kappa shape index (κ3) is 3.88. The van der Waals surface area contributed by atoms with E-state index in [2.05, 4.69) is 17.4 Å². The van der Waals surface area contributed by atoms with Crippen LogP contribution in [0.25, 0.3) is 0 Å². The molecule has 1 aliphatic rings. The topological polar surface area (TPSA) is 38.3 Å². The molecular weight excluding hydrogens is 306 g/mol. The number of carbonyl (C=O) groups is 1. The average molecular weight is 327 g/mol. The van der Waals surface area contributed by atoms with Gasteiger partial charge in [-0.15, -0.1) is 0 Å². The van der Waals surface area contributed by atoms with E-state index < -0.39 is 0 Å². The molecule has 1 fully saturated rings. The molecule has 4 heteroatoms. The summed E-state index contributed by atoms with van der Waals surface area (Å²) in [5, 5.41) is 3.56. The number of ether oxygens (including phenoxy) is 1. The van der Waals surface area contributed by atoms with E-state index in [1.54, 1.807) is 7.11 Å². The highest BCUT2D eigenvalue weighted by Crippen LogP contribution is 2.34. The summed E-state index contributed by atoms with van der Waals surface area (Å²) >= 11 is 1.87. The van der Waals surface area contributed by atoms with Crippen molar-refractivity contribution in [1.29, 1.82) is 0 Å². The fraction of sp³-hybridized carbons (Fsp3) is 0.316. The molecular formula is C19H21NO2S. The minimum absolute atomic E-state index is 0.00453. The van der Waals surface area contributed by atoms with Crippen LogP contribution in [0.5, 0.6) is 5.75 Å². The Morgan fingerprint density at radius 3 is 2.52 bits per heavy atom. The zero-order valence-electron chi connectivity index (χ0n) is 13.2. The molecule has 1 saturated heterocycles. The summed E-state index contributed by atoms with van der Waals surface area (Å²) in [5.74, 6) is 3.02. The highest BCUT2D eigenvalue weighted by atomic mass is 32.2. The van der Waals surface area contributed by atoms with Gasteiger partial charge < -0.3 is 10.1 Å². The van der Waals surface area contributed by atoms with Gasteiger partial charge in [0.25, 0.3) is 0 Å². The van der Waals surface area contributed by atoms with Gasteiger partial charge in [0.05, 0.1) is 19.1 Å². The number of ketones is 1. The van der Waals surface area contributed by atoms with Gasteiger partial charge in [-0.25, -0.2) is 0 Å². The van der Waals surface area contributed by atoms with Crippen LogP contribution in [0, 0.1) is 5.92 Å². The van der Waals surface area contributed by atoms with Crippen LogP contribution in [0.2, 0.25) is 0 Å². The van der Waals surface area contributed by atoms with E-state index in [1.807, 2.05) is 54.2 Å². The number of anilines is 1. The predicted octanol–water partition coefficient (Wildman–Crippen LogP) is 4.17. The van der Waals surface area contributed by atoms with Crippen molar-refractivity contribution in [3.63, 3.8) is 0 Å². The molecule has 0 aliphatic carbocycles. The number of hydrogen-bond donors (Lipinski definition) is 1. The first-order chi connectivity index (χ1) is 11.3. The van der Waals surface area contributed by atoms with E-state index >= 15 is 0 Å². The molecule has 120 valence electrons. The molecule has 0 bridgehead atoms. The number of Topliss-reactive ketones (excluding diaryl/α,β-unsaturated/α-hetero) is 1. The standard InChI is InChI=1S/C19H21NO2S/c1-22-16-9-7-15(8-10-16)20-19(14-5-3-2-4-6-14)17-13-23-12-11-18(17)21/h2-10,17,19-20H,11-13H2,1H3/t17-,19+/m0/s1. The Morgan fingerprint density at radius 2 is 1.87 bits per heavy atom. The molecule has 1 N–H and O–H groups in total. The Kier molecular flexibility index (Phi) is 5.23. The van der Waals surface area contributed by atoms with Crippen molar-refractivity contribution < 1.29 is 9.53 Å². The summed E-state index contributed by atoms with van der Waals surface area (Å²) in [6, 6.07) is 18.1. The summed E-state index contributed by atoms with van der Waals surface area (Å²) in [5.41, 5.74) is 2.16. The van der Waals surface area contributed by atoms with E-state index in [0.717, 1.165) is 28.5 Å². The van der Waals surface area contributed by atoms with Crippen molar-refractivity contribution in [3.8, 4) is 5.75 Å². The van der Waals surface area contributed by atoms with Crippen molar-refractivity contribution >= 4 is 23.2 Å². The average Bonchev–Trinajstić information content (AvgIpc) is 2.62. The largest absolute Gasteiger partial charge is 0.497 e. The molecule has 3 rings (SSSR count). The quantitative estimate of drug-likeness (QED) is 0.894. The number of rotatable bonds is 5. The maximum Gasteiger partial charge on any atom is 0.140 e. The zero-order chi connectivity index (χ0) is 16.1. The Balaban J connectivity index is 1.86. The normalized spacial score (nSPS) is 19.2. The lowest BCUT2D eigenvalue weighted by atomic mass is 9.89. The third-order valence-corrected chi connectivity index (χ3v) is 5.26. The van der Waals surface area contributed by atoms with Crippen LogP contribution in [0.1, 0.15) is 18.0 Å². The molecule has 0 spiro atoms. The van der Waals surface area contributed by atoms with Crippen LogP contribution in [-0.4, -0.2) is 24.4 Å². The molecule has 2 aromatic carbocycles. The number of hydrogen-bond acceptors (Lipinski definition) is 4. The van der Waals surface area contributed by atoms with E-state index in [-0.39, 0.29) is 12.0 Å². The molecule has 0 unspecified atom stereocenters. The van der Waals surface area contributed by atoms with Crippen molar-refractivity contribution in [2.24, 2.45) is 5.92 Å². The fourth-order valence-electron chi connectivity index (χ4n) is 2.89. The Bertz CT molecular complexity index is 642.